The minimum absolute atomic E-state index is 0.158. The molecule has 0 atom stereocenters. The number of thioether (sulfide) groups is 1. The molecule has 1 aromatic carbocycles. The molecule has 0 unspecified atom stereocenters. The van der Waals surface area contributed by atoms with E-state index in [0.29, 0.717) is 16.7 Å². The summed E-state index contributed by atoms with van der Waals surface area (Å²) >= 11 is 7.98. The number of nitrogens with zero attached hydrogens (tertiary/aromatic N) is 4. The third-order valence-electron chi connectivity index (χ3n) is 3.12. The highest BCUT2D eigenvalue weighted by atomic mass is 79.9. The lowest BCUT2D eigenvalue weighted by molar-refractivity contribution is -0.113. The maximum Gasteiger partial charge on any atom is 0.234 e. The largest absolute Gasteiger partial charge is 0.335 e. The predicted molar refractivity (Wildman–Crippen MR) is 105 cm³/mol. The predicted octanol–water partition coefficient (Wildman–Crippen LogP) is 3.31. The second-order valence-electron chi connectivity index (χ2n) is 4.88. The third-order valence-corrected chi connectivity index (χ3v) is 5.21. The first kappa shape index (κ1) is 17.9. The van der Waals surface area contributed by atoms with Crippen molar-refractivity contribution >= 4 is 55.2 Å². The highest BCUT2D eigenvalue weighted by Gasteiger charge is 2.14. The normalized spacial score (nSPS) is 10.6. The molecule has 3 rings (SSSR count). The highest BCUT2D eigenvalue weighted by Crippen LogP contribution is 2.27. The molecule has 7 nitrogen and oxygen atoms in total. The summed E-state index contributed by atoms with van der Waals surface area (Å²) in [5.41, 5.74) is 1.45. The fourth-order valence-electron chi connectivity index (χ4n) is 1.97. The van der Waals surface area contributed by atoms with Crippen LogP contribution < -0.4 is 11.2 Å². The molecule has 25 heavy (non-hydrogen) atoms. The van der Waals surface area contributed by atoms with Gasteiger partial charge in [-0.2, -0.15) is 0 Å². The fourth-order valence-corrected chi connectivity index (χ4v) is 3.78. The Balaban J connectivity index is 1.64. The van der Waals surface area contributed by atoms with Gasteiger partial charge in [0, 0.05) is 26.9 Å². The van der Waals surface area contributed by atoms with Gasteiger partial charge in [-0.25, -0.2) is 4.68 Å². The van der Waals surface area contributed by atoms with E-state index in [2.05, 4.69) is 52.4 Å². The van der Waals surface area contributed by atoms with Crippen LogP contribution in [-0.2, 0) is 4.79 Å². The molecule has 0 aliphatic rings. The molecule has 0 bridgehead atoms. The smallest absolute Gasteiger partial charge is 0.234 e. The van der Waals surface area contributed by atoms with Crippen LogP contribution in [0.2, 0.25) is 0 Å². The Kier molecular flexibility index (Phi) is 5.71. The van der Waals surface area contributed by atoms with Crippen molar-refractivity contribution in [3.63, 3.8) is 0 Å². The van der Waals surface area contributed by atoms with Gasteiger partial charge in [-0.1, -0.05) is 27.7 Å². The average Bonchev–Trinajstić information content (AvgIpc) is 2.97. The number of nitrogens with one attached hydrogen (secondary N) is 1. The molecule has 128 valence electrons. The molecule has 0 saturated carbocycles. The van der Waals surface area contributed by atoms with Gasteiger partial charge < -0.3 is 11.2 Å². The number of rotatable bonds is 5. The SMILES string of the molecule is Nn1c(SCC(=O)Nc2ccc(Br)cc2Br)nnc1-c1cccnc1. The number of carbonyl (C=O) groups excluding carboxylic acids is 1. The van der Waals surface area contributed by atoms with E-state index in [1.54, 1.807) is 18.5 Å². The summed E-state index contributed by atoms with van der Waals surface area (Å²) in [5.74, 6) is 6.50. The average molecular weight is 484 g/mol. The van der Waals surface area contributed by atoms with Gasteiger partial charge in [-0.15, -0.1) is 10.2 Å². The summed E-state index contributed by atoms with van der Waals surface area (Å²) in [7, 11) is 0. The Morgan fingerprint density at radius 3 is 2.84 bits per heavy atom. The van der Waals surface area contributed by atoms with Crippen molar-refractivity contribution in [2.24, 2.45) is 0 Å². The number of amides is 1. The number of benzene rings is 1. The van der Waals surface area contributed by atoms with Gasteiger partial charge in [-0.3, -0.25) is 9.78 Å². The molecule has 2 aromatic heterocycles. The number of halogens is 2. The zero-order valence-electron chi connectivity index (χ0n) is 12.7. The lowest BCUT2D eigenvalue weighted by Crippen LogP contribution is -2.16. The van der Waals surface area contributed by atoms with Gasteiger partial charge in [0.05, 0.1) is 11.4 Å². The molecule has 10 heteroatoms. The summed E-state index contributed by atoms with van der Waals surface area (Å²) in [6.45, 7) is 0. The molecular formula is C15H12Br2N6OS. The van der Waals surface area contributed by atoms with Crippen LogP contribution in [0, 0.1) is 0 Å². The number of anilines is 1. The molecule has 3 N–H and O–H groups in total. The van der Waals surface area contributed by atoms with Crippen LogP contribution in [0.3, 0.4) is 0 Å². The Morgan fingerprint density at radius 2 is 2.12 bits per heavy atom. The van der Waals surface area contributed by atoms with Crippen LogP contribution in [0.25, 0.3) is 11.4 Å². The minimum Gasteiger partial charge on any atom is -0.335 e. The van der Waals surface area contributed by atoms with Crippen molar-refractivity contribution in [3.8, 4) is 11.4 Å². The lowest BCUT2D eigenvalue weighted by atomic mass is 10.3. The van der Waals surface area contributed by atoms with E-state index >= 15 is 0 Å². The van der Waals surface area contributed by atoms with E-state index in [1.165, 1.54) is 16.4 Å². The Morgan fingerprint density at radius 1 is 1.28 bits per heavy atom. The second kappa shape index (κ2) is 7.98. The van der Waals surface area contributed by atoms with Crippen LogP contribution in [-0.4, -0.2) is 31.5 Å². The van der Waals surface area contributed by atoms with Crippen molar-refractivity contribution in [1.29, 1.82) is 0 Å². The lowest BCUT2D eigenvalue weighted by Gasteiger charge is -2.07. The topological polar surface area (TPSA) is 98.7 Å². The molecule has 0 aliphatic heterocycles. The van der Waals surface area contributed by atoms with E-state index in [9.17, 15) is 4.79 Å². The zero-order valence-corrected chi connectivity index (χ0v) is 16.7. The molecule has 0 spiro atoms. The van der Waals surface area contributed by atoms with Crippen LogP contribution in [0.5, 0.6) is 0 Å². The van der Waals surface area contributed by atoms with Crippen LogP contribution >= 0.6 is 43.6 Å². The van der Waals surface area contributed by atoms with Crippen LogP contribution in [0.1, 0.15) is 0 Å². The first-order valence-corrected chi connectivity index (χ1v) is 9.60. The van der Waals surface area contributed by atoms with Crippen LogP contribution in [0.15, 0.2) is 56.8 Å². The molecule has 0 radical (unpaired) electrons. The Hall–Kier alpha value is -1.91. The van der Waals surface area contributed by atoms with Gasteiger partial charge in [0.15, 0.2) is 5.82 Å². The maximum atomic E-state index is 12.1. The third kappa shape index (κ3) is 4.39. The summed E-state index contributed by atoms with van der Waals surface area (Å²) in [4.78, 5) is 16.2. The number of hydrogen-bond donors (Lipinski definition) is 2. The first-order chi connectivity index (χ1) is 12.0. The van der Waals surface area contributed by atoms with Crippen molar-refractivity contribution in [1.82, 2.24) is 19.9 Å². The van der Waals surface area contributed by atoms with Crippen molar-refractivity contribution in [2.75, 3.05) is 16.9 Å². The number of hydrogen-bond acceptors (Lipinski definition) is 6. The first-order valence-electron chi connectivity index (χ1n) is 7.03. The standard InChI is InChI=1S/C15H12Br2N6OS/c16-10-3-4-12(11(17)6-10)20-13(24)8-25-15-22-21-14(23(15)18)9-2-1-5-19-7-9/h1-7H,8,18H2,(H,20,24). The molecule has 2 heterocycles. The van der Waals surface area contributed by atoms with Crippen molar-refractivity contribution < 1.29 is 4.79 Å². The molecular weight excluding hydrogens is 472 g/mol. The van der Waals surface area contributed by atoms with Gasteiger partial charge in [0.2, 0.25) is 11.1 Å². The van der Waals surface area contributed by atoms with Crippen molar-refractivity contribution in [2.45, 2.75) is 5.16 Å². The van der Waals surface area contributed by atoms with E-state index < -0.39 is 0 Å². The van der Waals surface area contributed by atoms with E-state index in [1.807, 2.05) is 24.3 Å². The Bertz CT molecular complexity index is 902. The van der Waals surface area contributed by atoms with Gasteiger partial charge in [0.25, 0.3) is 0 Å². The van der Waals surface area contributed by atoms with Gasteiger partial charge in [0.1, 0.15) is 0 Å². The van der Waals surface area contributed by atoms with E-state index in [0.717, 1.165) is 14.5 Å². The summed E-state index contributed by atoms with van der Waals surface area (Å²) in [6, 6.07) is 9.15. The summed E-state index contributed by atoms with van der Waals surface area (Å²) < 4.78 is 3.07. The second-order valence-corrected chi connectivity index (χ2v) is 7.59. The minimum atomic E-state index is -0.168. The summed E-state index contributed by atoms with van der Waals surface area (Å²) in [5, 5.41) is 11.4. The number of nitrogen functional groups attached to an aromatic ring is 1. The van der Waals surface area contributed by atoms with E-state index in [-0.39, 0.29) is 11.7 Å². The van der Waals surface area contributed by atoms with Crippen LogP contribution in [0.4, 0.5) is 5.69 Å². The molecule has 3 aromatic rings. The molecule has 0 saturated heterocycles. The monoisotopic (exact) mass is 482 g/mol. The molecule has 0 fully saturated rings. The number of pyridine rings is 1. The molecule has 1 amide bonds. The fraction of sp³-hybridized carbons (Fsp3) is 0.0667. The molecule has 0 aliphatic carbocycles. The van der Waals surface area contributed by atoms with Gasteiger partial charge in [-0.05, 0) is 46.3 Å². The Labute approximate surface area is 164 Å². The number of nitrogens with two attached hydrogens (primary N) is 1. The van der Waals surface area contributed by atoms with Gasteiger partial charge >= 0.3 is 0 Å². The number of aromatic nitrogens is 4. The highest BCUT2D eigenvalue weighted by molar-refractivity contribution is 9.11. The van der Waals surface area contributed by atoms with Crippen molar-refractivity contribution in [3.05, 3.63) is 51.7 Å². The van der Waals surface area contributed by atoms with E-state index in [4.69, 9.17) is 5.84 Å². The quantitative estimate of drug-likeness (QED) is 0.426. The maximum absolute atomic E-state index is 12.1. The summed E-state index contributed by atoms with van der Waals surface area (Å²) in [6.07, 6.45) is 3.32. The zero-order chi connectivity index (χ0) is 17.8. The number of carbonyl (C=O) groups is 1.